The smallest absolute Gasteiger partial charge is 0.178 e. The molecule has 1 heterocycles. The topological polar surface area (TPSA) is 46.3 Å². The Hall–Kier alpha value is -2.36. The maximum atomic E-state index is 13.2. The molecule has 4 heteroatoms. The van der Waals surface area contributed by atoms with E-state index >= 15 is 0 Å². The number of halogens is 1. The van der Waals surface area contributed by atoms with E-state index in [1.165, 1.54) is 18.2 Å². The molecule has 0 aliphatic rings. The Morgan fingerprint density at radius 2 is 1.94 bits per heavy atom. The Morgan fingerprint density at radius 3 is 2.76 bits per heavy atom. The number of rotatable bonds is 1. The number of fused-ring (bicyclic) bond motifs is 1. The van der Waals surface area contributed by atoms with Crippen LogP contribution in [-0.2, 0) is 0 Å². The Morgan fingerprint density at radius 1 is 1.12 bits per heavy atom. The molecule has 0 aliphatic heterocycles. The Kier molecular flexibility index (Phi) is 2.08. The third-order valence-electron chi connectivity index (χ3n) is 2.59. The van der Waals surface area contributed by atoms with Gasteiger partial charge >= 0.3 is 0 Å². The molecule has 84 valence electrons. The zero-order valence-corrected chi connectivity index (χ0v) is 8.72. The average molecular weight is 229 g/mol. The predicted molar refractivity (Wildman–Crippen MR) is 61.1 cm³/mol. The van der Waals surface area contributed by atoms with Crippen LogP contribution < -0.4 is 0 Å². The largest absolute Gasteiger partial charge is 0.507 e. The minimum atomic E-state index is -0.364. The van der Waals surface area contributed by atoms with E-state index in [0.717, 1.165) is 0 Å². The molecule has 3 rings (SSSR count). The molecule has 0 fully saturated rings. The Balaban J connectivity index is 2.31. The van der Waals surface area contributed by atoms with Gasteiger partial charge in [-0.2, -0.15) is 0 Å². The number of phenols is 1. The second-order valence-corrected chi connectivity index (χ2v) is 3.69. The molecule has 1 N–H and O–H groups in total. The molecule has 0 spiro atoms. The van der Waals surface area contributed by atoms with Crippen molar-refractivity contribution in [3.63, 3.8) is 0 Å². The lowest BCUT2D eigenvalue weighted by Crippen LogP contribution is -1.78. The summed E-state index contributed by atoms with van der Waals surface area (Å²) in [6.07, 6.45) is 0. The number of nitrogens with zero attached hydrogens (tertiary/aromatic N) is 1. The van der Waals surface area contributed by atoms with Gasteiger partial charge in [0.15, 0.2) is 5.76 Å². The summed E-state index contributed by atoms with van der Waals surface area (Å²) in [4.78, 5) is 0. The average Bonchev–Trinajstić information content (AvgIpc) is 2.72. The van der Waals surface area contributed by atoms with Crippen LogP contribution in [0, 0.1) is 5.82 Å². The third kappa shape index (κ3) is 1.54. The summed E-state index contributed by atoms with van der Waals surface area (Å²) in [5, 5.41) is 14.1. The van der Waals surface area contributed by atoms with Crippen LogP contribution in [0.5, 0.6) is 5.75 Å². The SMILES string of the molecule is Oc1ccccc1-c1onc2ccc(F)cc12. The molecule has 1 aromatic heterocycles. The van der Waals surface area contributed by atoms with Gasteiger partial charge in [-0.1, -0.05) is 17.3 Å². The van der Waals surface area contributed by atoms with E-state index in [1.54, 1.807) is 24.3 Å². The zero-order chi connectivity index (χ0) is 11.8. The monoisotopic (exact) mass is 229 g/mol. The van der Waals surface area contributed by atoms with Gasteiger partial charge in [0.25, 0.3) is 0 Å². The molecule has 0 radical (unpaired) electrons. The van der Waals surface area contributed by atoms with Crippen LogP contribution in [0.3, 0.4) is 0 Å². The van der Waals surface area contributed by atoms with Crippen LogP contribution in [-0.4, -0.2) is 10.3 Å². The second kappa shape index (κ2) is 3.59. The van der Waals surface area contributed by atoms with E-state index in [1.807, 2.05) is 0 Å². The van der Waals surface area contributed by atoms with E-state index in [9.17, 15) is 9.50 Å². The van der Waals surface area contributed by atoms with Gasteiger partial charge in [0.05, 0.1) is 10.9 Å². The van der Waals surface area contributed by atoms with Crippen molar-refractivity contribution < 1.29 is 14.0 Å². The van der Waals surface area contributed by atoms with Crippen LogP contribution >= 0.6 is 0 Å². The van der Waals surface area contributed by atoms with Crippen molar-refractivity contribution in [2.24, 2.45) is 0 Å². The normalized spacial score (nSPS) is 10.9. The summed E-state index contributed by atoms with van der Waals surface area (Å²) in [6, 6.07) is 10.9. The van der Waals surface area contributed by atoms with Crippen molar-refractivity contribution in [1.29, 1.82) is 0 Å². The number of aromatic nitrogens is 1. The van der Waals surface area contributed by atoms with Gasteiger partial charge in [-0.25, -0.2) is 4.39 Å². The highest BCUT2D eigenvalue weighted by molar-refractivity contribution is 5.92. The number of benzene rings is 2. The van der Waals surface area contributed by atoms with Gasteiger partial charge in [0.2, 0.25) is 0 Å². The van der Waals surface area contributed by atoms with Gasteiger partial charge in [-0.15, -0.1) is 0 Å². The molecule has 2 aromatic carbocycles. The van der Waals surface area contributed by atoms with Gasteiger partial charge in [-0.3, -0.25) is 0 Å². The maximum absolute atomic E-state index is 13.2. The third-order valence-corrected chi connectivity index (χ3v) is 2.59. The van der Waals surface area contributed by atoms with E-state index < -0.39 is 0 Å². The summed E-state index contributed by atoms with van der Waals surface area (Å²) in [5.41, 5.74) is 1.06. The lowest BCUT2D eigenvalue weighted by atomic mass is 10.1. The van der Waals surface area contributed by atoms with Crippen molar-refractivity contribution in [2.75, 3.05) is 0 Å². The number of aromatic hydroxyl groups is 1. The first-order valence-corrected chi connectivity index (χ1v) is 5.09. The summed E-state index contributed by atoms with van der Waals surface area (Å²) in [6.45, 7) is 0. The van der Waals surface area contributed by atoms with Crippen molar-refractivity contribution in [1.82, 2.24) is 5.16 Å². The number of hydrogen-bond donors (Lipinski definition) is 1. The summed E-state index contributed by atoms with van der Waals surface area (Å²) in [7, 11) is 0. The first-order chi connectivity index (χ1) is 8.25. The summed E-state index contributed by atoms with van der Waals surface area (Å²) in [5.74, 6) is 0.0878. The highest BCUT2D eigenvalue weighted by Crippen LogP contribution is 2.34. The van der Waals surface area contributed by atoms with Crippen LogP contribution in [0.2, 0.25) is 0 Å². The molecule has 3 nitrogen and oxygen atoms in total. The van der Waals surface area contributed by atoms with E-state index in [2.05, 4.69) is 5.16 Å². The fourth-order valence-corrected chi connectivity index (χ4v) is 1.77. The highest BCUT2D eigenvalue weighted by atomic mass is 19.1. The predicted octanol–water partition coefficient (Wildman–Crippen LogP) is 3.34. The number of para-hydroxylation sites is 1. The van der Waals surface area contributed by atoms with E-state index in [-0.39, 0.29) is 11.6 Å². The minimum Gasteiger partial charge on any atom is -0.507 e. The molecule has 0 unspecified atom stereocenters. The quantitative estimate of drug-likeness (QED) is 0.696. The van der Waals surface area contributed by atoms with Crippen molar-refractivity contribution in [3.05, 3.63) is 48.3 Å². The van der Waals surface area contributed by atoms with Gasteiger partial charge in [0.1, 0.15) is 17.1 Å². The molecule has 0 aliphatic carbocycles. The Bertz CT molecular complexity index is 691. The van der Waals surface area contributed by atoms with Crippen LogP contribution in [0.1, 0.15) is 0 Å². The second-order valence-electron chi connectivity index (χ2n) is 3.69. The van der Waals surface area contributed by atoms with E-state index in [0.29, 0.717) is 22.2 Å². The van der Waals surface area contributed by atoms with Gasteiger partial charge in [0, 0.05) is 0 Å². The maximum Gasteiger partial charge on any atom is 0.178 e. The standard InChI is InChI=1S/C13H8FNO2/c14-8-5-6-11-10(7-8)13(17-15-11)9-3-1-2-4-12(9)16/h1-7,16H. The molecule has 0 amide bonds. The molecule has 0 bridgehead atoms. The highest BCUT2D eigenvalue weighted by Gasteiger charge is 2.14. The molecule has 0 atom stereocenters. The van der Waals surface area contributed by atoms with Gasteiger partial charge in [-0.05, 0) is 30.3 Å². The minimum absolute atomic E-state index is 0.0785. The number of phenolic OH excluding ortho intramolecular Hbond substituents is 1. The van der Waals surface area contributed by atoms with Crippen molar-refractivity contribution >= 4 is 10.9 Å². The lowest BCUT2D eigenvalue weighted by molar-refractivity contribution is 0.433. The van der Waals surface area contributed by atoms with Crippen LogP contribution in [0.25, 0.3) is 22.2 Å². The lowest BCUT2D eigenvalue weighted by Gasteiger charge is -1.99. The number of hydrogen-bond acceptors (Lipinski definition) is 3. The first-order valence-electron chi connectivity index (χ1n) is 5.09. The molecule has 17 heavy (non-hydrogen) atoms. The first kappa shape index (κ1) is 9.84. The van der Waals surface area contributed by atoms with Crippen molar-refractivity contribution in [3.8, 4) is 17.1 Å². The summed E-state index contributed by atoms with van der Waals surface area (Å²) < 4.78 is 18.3. The fraction of sp³-hybridized carbons (Fsp3) is 0. The van der Waals surface area contributed by atoms with Crippen LogP contribution in [0.15, 0.2) is 47.0 Å². The van der Waals surface area contributed by atoms with Gasteiger partial charge < -0.3 is 9.63 Å². The molecule has 0 saturated heterocycles. The van der Waals surface area contributed by atoms with Crippen molar-refractivity contribution in [2.45, 2.75) is 0 Å². The van der Waals surface area contributed by atoms with Crippen LogP contribution in [0.4, 0.5) is 4.39 Å². The molecule has 0 saturated carbocycles. The Labute approximate surface area is 96.1 Å². The summed E-state index contributed by atoms with van der Waals surface area (Å²) >= 11 is 0. The molecule has 3 aromatic rings. The van der Waals surface area contributed by atoms with E-state index in [4.69, 9.17) is 4.52 Å². The molecular weight excluding hydrogens is 221 g/mol. The zero-order valence-electron chi connectivity index (χ0n) is 8.72. The molecular formula is C13H8FNO2. The fourth-order valence-electron chi connectivity index (χ4n) is 1.77.